The predicted octanol–water partition coefficient (Wildman–Crippen LogP) is 8.12. The van der Waals surface area contributed by atoms with E-state index in [1.807, 2.05) is 0 Å². The third-order valence-corrected chi connectivity index (χ3v) is 7.17. The van der Waals surface area contributed by atoms with E-state index in [1.165, 1.54) is 96.0 Å². The molecule has 26 heavy (non-hydrogen) atoms. The van der Waals surface area contributed by atoms with Crippen molar-refractivity contribution in [1.82, 2.24) is 0 Å². The summed E-state index contributed by atoms with van der Waals surface area (Å²) in [7, 11) is 0. The van der Waals surface area contributed by atoms with Crippen LogP contribution in [0.3, 0.4) is 0 Å². The molecule has 0 aromatic carbocycles. The van der Waals surface area contributed by atoms with Crippen molar-refractivity contribution in [3.63, 3.8) is 0 Å². The molecule has 0 saturated heterocycles. The van der Waals surface area contributed by atoms with Gasteiger partial charge in [-0.25, -0.2) is 0 Å². The van der Waals surface area contributed by atoms with Crippen LogP contribution < -0.4 is 0 Å². The van der Waals surface area contributed by atoms with Crippen LogP contribution in [-0.2, 0) is 0 Å². The van der Waals surface area contributed by atoms with Gasteiger partial charge in [0.25, 0.3) is 0 Å². The Balaban J connectivity index is 1.56. The summed E-state index contributed by atoms with van der Waals surface area (Å²) in [5, 5.41) is 8.46. The Hall–Kier alpha value is -0.840. The van der Waals surface area contributed by atoms with E-state index < -0.39 is 5.83 Å². The van der Waals surface area contributed by atoms with Gasteiger partial charge in [-0.2, -0.15) is 9.65 Å². The van der Waals surface area contributed by atoms with E-state index in [2.05, 4.69) is 6.92 Å². The van der Waals surface area contributed by atoms with E-state index in [9.17, 15) is 4.39 Å². The summed E-state index contributed by atoms with van der Waals surface area (Å²) >= 11 is 0. The number of halogens is 1. The molecule has 0 N–H and O–H groups in total. The summed E-state index contributed by atoms with van der Waals surface area (Å²) in [5.74, 6) is 3.12. The monoisotopic (exact) mass is 361 g/mol. The zero-order valence-electron chi connectivity index (χ0n) is 17.0. The van der Waals surface area contributed by atoms with E-state index in [-0.39, 0.29) is 0 Å². The molecular weight excluding hydrogens is 321 g/mol. The highest BCUT2D eigenvalue weighted by Crippen LogP contribution is 2.43. The van der Waals surface area contributed by atoms with E-state index in [0.717, 1.165) is 36.5 Å². The van der Waals surface area contributed by atoms with Gasteiger partial charge in [-0.15, -0.1) is 0 Å². The van der Waals surface area contributed by atoms with Crippen molar-refractivity contribution in [1.29, 1.82) is 5.26 Å². The van der Waals surface area contributed by atoms with E-state index in [1.54, 1.807) is 6.07 Å². The molecule has 0 atom stereocenters. The first-order valence-electron chi connectivity index (χ1n) is 11.5. The van der Waals surface area contributed by atoms with Gasteiger partial charge >= 0.3 is 0 Å². The van der Waals surface area contributed by atoms with E-state index in [4.69, 9.17) is 5.26 Å². The van der Waals surface area contributed by atoms with Crippen LogP contribution in [0.5, 0.6) is 0 Å². The molecule has 2 heteroatoms. The largest absolute Gasteiger partial charge is 0.196 e. The zero-order valence-corrected chi connectivity index (χ0v) is 17.0. The summed E-state index contributed by atoms with van der Waals surface area (Å²) in [5.41, 5.74) is 0. The molecule has 2 saturated carbocycles. The Bertz CT molecular complexity index is 434. The topological polar surface area (TPSA) is 23.8 Å². The molecule has 2 fully saturated rings. The predicted molar refractivity (Wildman–Crippen MR) is 108 cm³/mol. The van der Waals surface area contributed by atoms with Gasteiger partial charge in [0.1, 0.15) is 6.07 Å². The van der Waals surface area contributed by atoms with Crippen LogP contribution in [0, 0.1) is 35.0 Å². The molecule has 0 aromatic rings. The lowest BCUT2D eigenvalue weighted by Crippen LogP contribution is -2.25. The maximum absolute atomic E-state index is 12.9. The summed E-state index contributed by atoms with van der Waals surface area (Å²) in [6, 6.07) is 1.57. The smallest absolute Gasteiger partial charge is 0.195 e. The minimum atomic E-state index is -0.610. The molecule has 0 aliphatic heterocycles. The van der Waals surface area contributed by atoms with Crippen LogP contribution in [0.2, 0.25) is 0 Å². The van der Waals surface area contributed by atoms with Gasteiger partial charge in [-0.1, -0.05) is 71.1 Å². The fourth-order valence-corrected chi connectivity index (χ4v) is 5.42. The number of nitrogens with zero attached hydrogens (tertiary/aromatic N) is 1. The Morgan fingerprint density at radius 2 is 1.38 bits per heavy atom. The van der Waals surface area contributed by atoms with Crippen molar-refractivity contribution in [2.45, 2.75) is 110 Å². The SMILES string of the molecule is CCCCCCCC1CCC(C2CCC(CCC=C(F)C#N)CC2)CC1. The minimum Gasteiger partial charge on any atom is -0.195 e. The molecule has 2 rings (SSSR count). The van der Waals surface area contributed by atoms with Gasteiger partial charge in [-0.3, -0.25) is 0 Å². The van der Waals surface area contributed by atoms with Crippen molar-refractivity contribution in [2.24, 2.45) is 23.7 Å². The van der Waals surface area contributed by atoms with Crippen LogP contribution >= 0.6 is 0 Å². The zero-order chi connectivity index (χ0) is 18.6. The first-order chi connectivity index (χ1) is 12.7. The van der Waals surface area contributed by atoms with Crippen LogP contribution in [0.25, 0.3) is 0 Å². The molecule has 0 aromatic heterocycles. The van der Waals surface area contributed by atoms with Crippen molar-refractivity contribution in [3.8, 4) is 6.07 Å². The van der Waals surface area contributed by atoms with Gasteiger partial charge in [0, 0.05) is 0 Å². The van der Waals surface area contributed by atoms with E-state index >= 15 is 0 Å². The summed E-state index contributed by atoms with van der Waals surface area (Å²) in [6.07, 6.45) is 23.2. The van der Waals surface area contributed by atoms with Gasteiger partial charge in [-0.05, 0) is 68.3 Å². The normalized spacial score (nSPS) is 30.1. The Kier molecular flexibility index (Phi) is 10.3. The van der Waals surface area contributed by atoms with Crippen LogP contribution in [-0.4, -0.2) is 0 Å². The Morgan fingerprint density at radius 1 is 0.846 bits per heavy atom. The van der Waals surface area contributed by atoms with Crippen LogP contribution in [0.4, 0.5) is 4.39 Å². The lowest BCUT2D eigenvalue weighted by Gasteiger charge is -2.38. The first kappa shape index (κ1) is 21.5. The molecule has 148 valence electrons. The van der Waals surface area contributed by atoms with Crippen molar-refractivity contribution < 1.29 is 4.39 Å². The summed E-state index contributed by atoms with van der Waals surface area (Å²) in [6.45, 7) is 2.29. The highest BCUT2D eigenvalue weighted by Gasteiger charge is 2.30. The third kappa shape index (κ3) is 7.81. The molecule has 0 spiro atoms. The molecular formula is C24H40FN. The molecule has 2 aliphatic carbocycles. The second-order valence-corrected chi connectivity index (χ2v) is 9.01. The minimum absolute atomic E-state index is 0.610. The second kappa shape index (κ2) is 12.5. The number of nitriles is 1. The molecule has 0 radical (unpaired) electrons. The molecule has 1 nitrogen and oxygen atoms in total. The average Bonchev–Trinajstić information content (AvgIpc) is 2.69. The Labute approximate surface area is 161 Å². The molecule has 0 unspecified atom stereocenters. The van der Waals surface area contributed by atoms with Crippen molar-refractivity contribution in [2.75, 3.05) is 0 Å². The highest BCUT2D eigenvalue weighted by molar-refractivity contribution is 5.11. The number of hydrogen-bond donors (Lipinski definition) is 0. The first-order valence-corrected chi connectivity index (χ1v) is 11.5. The van der Waals surface area contributed by atoms with Crippen LogP contribution in [0.15, 0.2) is 11.9 Å². The fraction of sp³-hybridized carbons (Fsp3) is 0.875. The van der Waals surface area contributed by atoms with Crippen LogP contribution in [0.1, 0.15) is 110 Å². The molecule has 0 heterocycles. The quantitative estimate of drug-likeness (QED) is 0.285. The molecule has 0 amide bonds. The lowest BCUT2D eigenvalue weighted by atomic mass is 9.68. The van der Waals surface area contributed by atoms with Gasteiger partial charge < -0.3 is 0 Å². The number of rotatable bonds is 10. The van der Waals surface area contributed by atoms with Crippen molar-refractivity contribution >= 4 is 0 Å². The summed E-state index contributed by atoms with van der Waals surface area (Å²) in [4.78, 5) is 0. The summed E-state index contributed by atoms with van der Waals surface area (Å²) < 4.78 is 12.9. The van der Waals surface area contributed by atoms with Crippen molar-refractivity contribution in [3.05, 3.63) is 11.9 Å². The number of allylic oxidation sites excluding steroid dienone is 2. The second-order valence-electron chi connectivity index (χ2n) is 9.01. The maximum atomic E-state index is 12.9. The number of unbranched alkanes of at least 4 members (excludes halogenated alkanes) is 4. The molecule has 2 aliphatic rings. The average molecular weight is 362 g/mol. The Morgan fingerprint density at radius 3 is 1.92 bits per heavy atom. The molecule has 0 bridgehead atoms. The van der Waals surface area contributed by atoms with Gasteiger partial charge in [0.2, 0.25) is 0 Å². The lowest BCUT2D eigenvalue weighted by molar-refractivity contribution is 0.140. The standard InChI is InChI=1S/C24H40FN/c1-2-3-4-5-6-8-20-11-15-22(16-12-20)23-17-13-21(14-18-23)9-7-10-24(25)19-26/h10,20-23H,2-9,11-18H2,1H3. The van der Waals surface area contributed by atoms with Gasteiger partial charge in [0.15, 0.2) is 5.83 Å². The number of hydrogen-bond acceptors (Lipinski definition) is 1. The van der Waals surface area contributed by atoms with Gasteiger partial charge in [0.05, 0.1) is 0 Å². The maximum Gasteiger partial charge on any atom is 0.196 e. The fourth-order valence-electron chi connectivity index (χ4n) is 5.42. The third-order valence-electron chi connectivity index (χ3n) is 7.17. The van der Waals surface area contributed by atoms with E-state index in [0.29, 0.717) is 0 Å². The highest BCUT2D eigenvalue weighted by atomic mass is 19.1.